The number of amides is 1. The van der Waals surface area contributed by atoms with E-state index < -0.39 is 0 Å². The van der Waals surface area contributed by atoms with Crippen LogP contribution >= 0.6 is 11.5 Å². The Bertz CT molecular complexity index is 514. The fraction of sp³-hybridized carbons (Fsp3) is 0.733. The molecule has 7 heteroatoms. The van der Waals surface area contributed by atoms with Crippen molar-refractivity contribution >= 4 is 22.4 Å². The van der Waals surface area contributed by atoms with E-state index in [9.17, 15) is 4.79 Å². The molecule has 124 valence electrons. The van der Waals surface area contributed by atoms with Gasteiger partial charge in [-0.05, 0) is 31.8 Å². The number of hydrogen-bond acceptors (Lipinski definition) is 6. The van der Waals surface area contributed by atoms with Gasteiger partial charge in [0.2, 0.25) is 0 Å². The second-order valence-electron chi connectivity index (χ2n) is 5.85. The van der Waals surface area contributed by atoms with Crippen molar-refractivity contribution in [3.63, 3.8) is 0 Å². The van der Waals surface area contributed by atoms with Crippen LogP contribution in [0, 0.1) is 6.92 Å². The molecule has 0 radical (unpaired) electrons. The Balaban J connectivity index is 2.03. The Morgan fingerprint density at radius 2 is 2.14 bits per heavy atom. The van der Waals surface area contributed by atoms with Crippen molar-refractivity contribution in [1.29, 1.82) is 0 Å². The monoisotopic (exact) mass is 326 g/mol. The number of anilines is 1. The maximum atomic E-state index is 12.5. The predicted molar refractivity (Wildman–Crippen MR) is 89.8 cm³/mol. The van der Waals surface area contributed by atoms with Crippen LogP contribution < -0.4 is 10.6 Å². The first-order valence-electron chi connectivity index (χ1n) is 7.77. The predicted octanol–water partition coefficient (Wildman–Crippen LogP) is 1.72. The highest BCUT2D eigenvalue weighted by molar-refractivity contribution is 7.10. The van der Waals surface area contributed by atoms with Gasteiger partial charge in [0.15, 0.2) is 0 Å². The number of aromatic nitrogens is 1. The summed E-state index contributed by atoms with van der Waals surface area (Å²) in [5, 5.41) is 6.95. The van der Waals surface area contributed by atoms with E-state index >= 15 is 0 Å². The number of ether oxygens (including phenoxy) is 1. The first-order valence-corrected chi connectivity index (χ1v) is 8.54. The molecule has 1 aromatic rings. The summed E-state index contributed by atoms with van der Waals surface area (Å²) >= 11 is 1.32. The minimum absolute atomic E-state index is 0.0450. The van der Waals surface area contributed by atoms with E-state index in [-0.39, 0.29) is 11.4 Å². The molecular formula is C15H26N4O2S. The lowest BCUT2D eigenvalue weighted by Gasteiger charge is -2.43. The molecule has 22 heavy (non-hydrogen) atoms. The zero-order valence-corrected chi connectivity index (χ0v) is 14.7. The molecule has 1 aliphatic heterocycles. The zero-order chi connectivity index (χ0) is 16.2. The van der Waals surface area contributed by atoms with Gasteiger partial charge in [-0.3, -0.25) is 9.69 Å². The highest BCUT2D eigenvalue weighted by atomic mass is 32.1. The minimum atomic E-state index is -0.0523. The lowest BCUT2D eigenvalue weighted by Crippen LogP contribution is -2.56. The second-order valence-corrected chi connectivity index (χ2v) is 6.63. The molecule has 0 bridgehead atoms. The van der Waals surface area contributed by atoms with Crippen molar-refractivity contribution in [2.75, 3.05) is 45.2 Å². The van der Waals surface area contributed by atoms with Crippen LogP contribution in [-0.2, 0) is 4.74 Å². The van der Waals surface area contributed by atoms with Crippen LogP contribution in [0.4, 0.5) is 5.00 Å². The van der Waals surface area contributed by atoms with Gasteiger partial charge >= 0.3 is 0 Å². The van der Waals surface area contributed by atoms with Gasteiger partial charge in [0.05, 0.1) is 24.5 Å². The number of nitrogens with zero attached hydrogens (tertiary/aromatic N) is 2. The van der Waals surface area contributed by atoms with Gasteiger partial charge in [0, 0.05) is 32.2 Å². The molecule has 1 aromatic heterocycles. The van der Waals surface area contributed by atoms with Crippen molar-refractivity contribution in [2.24, 2.45) is 0 Å². The van der Waals surface area contributed by atoms with Crippen molar-refractivity contribution in [1.82, 2.24) is 14.6 Å². The highest BCUT2D eigenvalue weighted by Crippen LogP contribution is 2.24. The molecule has 2 heterocycles. The standard InChI is InChI=1S/C15H26N4O2S/c1-5-15(3,19-6-8-21-9-7-19)10-17-13(20)12-11(2)18-22-14(12)16-4/h16H,5-10H2,1-4H3,(H,17,20)/t15-/m1/s1. The van der Waals surface area contributed by atoms with Crippen molar-refractivity contribution in [3.8, 4) is 0 Å². The van der Waals surface area contributed by atoms with E-state index in [1.807, 2.05) is 14.0 Å². The number of carbonyl (C=O) groups is 1. The summed E-state index contributed by atoms with van der Waals surface area (Å²) in [6, 6.07) is 0. The first-order chi connectivity index (χ1) is 10.5. The summed E-state index contributed by atoms with van der Waals surface area (Å²) in [7, 11) is 1.81. The van der Waals surface area contributed by atoms with Crippen LogP contribution in [0.25, 0.3) is 0 Å². The molecule has 0 aliphatic carbocycles. The normalized spacial score (nSPS) is 18.7. The first kappa shape index (κ1) is 17.2. The number of rotatable bonds is 6. The third-order valence-electron chi connectivity index (χ3n) is 4.48. The van der Waals surface area contributed by atoms with Gasteiger partial charge in [-0.15, -0.1) is 0 Å². The van der Waals surface area contributed by atoms with Gasteiger partial charge in [0.1, 0.15) is 5.00 Å². The van der Waals surface area contributed by atoms with Gasteiger partial charge in [-0.2, -0.15) is 4.37 Å². The molecule has 2 rings (SSSR count). The highest BCUT2D eigenvalue weighted by Gasteiger charge is 2.32. The number of hydrogen-bond donors (Lipinski definition) is 2. The Labute approximate surface area is 136 Å². The van der Waals surface area contributed by atoms with Gasteiger partial charge < -0.3 is 15.4 Å². The molecule has 0 spiro atoms. The SMILES string of the molecule is CC[C@](C)(CNC(=O)c1c(C)nsc1NC)N1CCOCC1. The average molecular weight is 326 g/mol. The molecule has 1 atom stereocenters. The molecule has 1 fully saturated rings. The maximum absolute atomic E-state index is 12.5. The Morgan fingerprint density at radius 3 is 2.73 bits per heavy atom. The van der Waals surface area contributed by atoms with Crippen molar-refractivity contribution in [3.05, 3.63) is 11.3 Å². The van der Waals surface area contributed by atoms with E-state index in [0.29, 0.717) is 12.1 Å². The Kier molecular flexibility index (Phi) is 5.77. The van der Waals surface area contributed by atoms with E-state index in [2.05, 4.69) is 33.8 Å². The third-order valence-corrected chi connectivity index (χ3v) is 5.44. The summed E-state index contributed by atoms with van der Waals surface area (Å²) in [6.07, 6.45) is 0.979. The summed E-state index contributed by atoms with van der Waals surface area (Å²) in [6.45, 7) is 10.2. The molecular weight excluding hydrogens is 300 g/mol. The molecule has 6 nitrogen and oxygen atoms in total. The molecule has 1 amide bonds. The van der Waals surface area contributed by atoms with Crippen molar-refractivity contribution < 1.29 is 9.53 Å². The van der Waals surface area contributed by atoms with Crippen LogP contribution in [0.1, 0.15) is 36.3 Å². The van der Waals surface area contributed by atoms with Crippen LogP contribution in [0.2, 0.25) is 0 Å². The van der Waals surface area contributed by atoms with Crippen molar-refractivity contribution in [2.45, 2.75) is 32.7 Å². The van der Waals surface area contributed by atoms with E-state index in [4.69, 9.17) is 4.74 Å². The Morgan fingerprint density at radius 1 is 1.45 bits per heavy atom. The second kappa shape index (κ2) is 7.39. The Hall–Kier alpha value is -1.18. The quantitative estimate of drug-likeness (QED) is 0.833. The molecule has 1 saturated heterocycles. The van der Waals surface area contributed by atoms with Gasteiger partial charge in [0.25, 0.3) is 5.91 Å². The van der Waals surface area contributed by atoms with Crippen LogP contribution in [0.15, 0.2) is 0 Å². The van der Waals surface area contributed by atoms with Gasteiger partial charge in [-0.1, -0.05) is 6.92 Å². The maximum Gasteiger partial charge on any atom is 0.256 e. The average Bonchev–Trinajstić information content (AvgIpc) is 2.94. The topological polar surface area (TPSA) is 66.5 Å². The number of carbonyl (C=O) groups excluding carboxylic acids is 1. The largest absolute Gasteiger partial charge is 0.379 e. The van der Waals surface area contributed by atoms with Crippen LogP contribution in [0.5, 0.6) is 0 Å². The fourth-order valence-corrected chi connectivity index (χ4v) is 3.47. The van der Waals surface area contributed by atoms with E-state index in [0.717, 1.165) is 43.4 Å². The molecule has 2 N–H and O–H groups in total. The molecule has 0 saturated carbocycles. The fourth-order valence-electron chi connectivity index (χ4n) is 2.73. The molecule has 0 unspecified atom stereocenters. The summed E-state index contributed by atoms with van der Waals surface area (Å²) < 4.78 is 9.68. The molecule has 1 aliphatic rings. The third kappa shape index (κ3) is 3.59. The summed E-state index contributed by atoms with van der Waals surface area (Å²) in [5.74, 6) is -0.0523. The van der Waals surface area contributed by atoms with Crippen LogP contribution in [0.3, 0.4) is 0 Å². The summed E-state index contributed by atoms with van der Waals surface area (Å²) in [4.78, 5) is 14.9. The minimum Gasteiger partial charge on any atom is -0.379 e. The smallest absolute Gasteiger partial charge is 0.256 e. The summed E-state index contributed by atoms with van der Waals surface area (Å²) in [5.41, 5.74) is 1.39. The lowest BCUT2D eigenvalue weighted by molar-refractivity contribution is -0.0169. The van der Waals surface area contributed by atoms with Crippen LogP contribution in [-0.4, -0.2) is 60.6 Å². The van der Waals surface area contributed by atoms with E-state index in [1.54, 1.807) is 0 Å². The van der Waals surface area contributed by atoms with Gasteiger partial charge in [-0.25, -0.2) is 0 Å². The van der Waals surface area contributed by atoms with E-state index in [1.165, 1.54) is 11.5 Å². The number of aryl methyl sites for hydroxylation is 1. The lowest BCUT2D eigenvalue weighted by atomic mass is 9.95. The molecule has 0 aromatic carbocycles. The number of morpholine rings is 1. The zero-order valence-electron chi connectivity index (χ0n) is 13.9. The number of nitrogens with one attached hydrogen (secondary N) is 2.